The number of unbranched alkanes of at least 4 members (excludes halogenated alkanes) is 2. The number of rotatable bonds is 6. The maximum absolute atomic E-state index is 8.26. The van der Waals surface area contributed by atoms with E-state index in [0.717, 1.165) is 19.3 Å². The zero-order valence-corrected chi connectivity index (χ0v) is 9.04. The molecular weight excluding hydrogens is 216 g/mol. The fourth-order valence-corrected chi connectivity index (χ4v) is 1.50. The number of hydrogen-bond acceptors (Lipinski definition) is 1. The van der Waals surface area contributed by atoms with Gasteiger partial charge in [-0.1, -0.05) is 6.42 Å². The van der Waals surface area contributed by atoms with Crippen LogP contribution in [0, 0.1) is 11.3 Å². The summed E-state index contributed by atoms with van der Waals surface area (Å²) in [4.78, 5) is 0. The van der Waals surface area contributed by atoms with Crippen LogP contribution in [0.4, 0.5) is 0 Å². The van der Waals surface area contributed by atoms with Crippen molar-refractivity contribution in [1.29, 1.82) is 5.26 Å². The van der Waals surface area contributed by atoms with Gasteiger partial charge in [0.2, 0.25) is 0 Å². The first-order valence-corrected chi connectivity index (χ1v) is 5.34. The second-order valence-electron chi connectivity index (χ2n) is 2.59. The molecule has 0 spiro atoms. The Labute approximate surface area is 88.6 Å². The van der Waals surface area contributed by atoms with Crippen LogP contribution in [0.3, 0.4) is 0 Å². The van der Waals surface area contributed by atoms with E-state index in [-0.39, 0.29) is 10.8 Å². The van der Waals surface area contributed by atoms with Crippen LogP contribution in [-0.2, 0) is 0 Å². The lowest BCUT2D eigenvalue weighted by atomic mass is 10.1. The minimum absolute atomic E-state index is 0.0668. The van der Waals surface area contributed by atoms with Crippen molar-refractivity contribution >= 4 is 34.8 Å². The Hall–Kier alpha value is 0.360. The summed E-state index contributed by atoms with van der Waals surface area (Å²) in [5, 5.41) is 8.03. The molecular formula is C8H12Cl3N. The molecule has 0 radical (unpaired) electrons. The smallest absolute Gasteiger partial charge is 0.0634 e. The Balaban J connectivity index is 3.32. The summed E-state index contributed by atoms with van der Waals surface area (Å²) < 4.78 is 0. The van der Waals surface area contributed by atoms with Crippen molar-refractivity contribution in [3.8, 4) is 6.07 Å². The summed E-state index contributed by atoms with van der Waals surface area (Å²) in [5.74, 6) is 0.383. The zero-order chi connectivity index (χ0) is 9.40. The van der Waals surface area contributed by atoms with E-state index in [1.807, 2.05) is 0 Å². The van der Waals surface area contributed by atoms with Gasteiger partial charge in [-0.3, -0.25) is 0 Å². The topological polar surface area (TPSA) is 23.8 Å². The van der Waals surface area contributed by atoms with Gasteiger partial charge in [0.05, 0.1) is 16.8 Å². The van der Waals surface area contributed by atoms with Crippen LogP contribution in [0.2, 0.25) is 0 Å². The minimum atomic E-state index is -0.157. The Morgan fingerprint density at radius 1 is 1.17 bits per heavy atom. The van der Waals surface area contributed by atoms with E-state index in [0.29, 0.717) is 12.3 Å². The molecule has 12 heavy (non-hydrogen) atoms. The fourth-order valence-electron chi connectivity index (χ4n) is 0.821. The summed E-state index contributed by atoms with van der Waals surface area (Å²) in [7, 11) is 0. The van der Waals surface area contributed by atoms with Gasteiger partial charge < -0.3 is 0 Å². The molecule has 0 aliphatic heterocycles. The third-order valence-electron chi connectivity index (χ3n) is 1.56. The average Bonchev–Trinajstić information content (AvgIpc) is 2.10. The summed E-state index contributed by atoms with van der Waals surface area (Å²) in [6, 6.07) is 2.08. The summed E-state index contributed by atoms with van der Waals surface area (Å²) >= 11 is 17.2. The Morgan fingerprint density at radius 3 is 2.33 bits per heavy atom. The third kappa shape index (κ3) is 5.94. The van der Waals surface area contributed by atoms with Gasteiger partial charge in [0.25, 0.3) is 0 Å². The Kier molecular flexibility index (Phi) is 8.22. The van der Waals surface area contributed by atoms with Crippen LogP contribution in [-0.4, -0.2) is 16.6 Å². The monoisotopic (exact) mass is 227 g/mol. The lowest BCUT2D eigenvalue weighted by Crippen LogP contribution is -2.16. The predicted molar refractivity (Wildman–Crippen MR) is 54.1 cm³/mol. The highest BCUT2D eigenvalue weighted by molar-refractivity contribution is 6.33. The number of hydrogen-bond donors (Lipinski definition) is 0. The standard InChI is InChI=1S/C8H12Cl3N/c9-6-8(11)7(10)4-2-1-3-5-12/h7-8H,1-4,6H2. The molecule has 2 unspecified atom stereocenters. The first-order valence-electron chi connectivity index (χ1n) is 3.93. The van der Waals surface area contributed by atoms with Crippen LogP contribution in [0.1, 0.15) is 25.7 Å². The van der Waals surface area contributed by atoms with Crippen molar-refractivity contribution in [1.82, 2.24) is 0 Å². The van der Waals surface area contributed by atoms with Gasteiger partial charge in [-0.15, -0.1) is 34.8 Å². The first kappa shape index (κ1) is 12.4. The lowest BCUT2D eigenvalue weighted by Gasteiger charge is -2.12. The van der Waals surface area contributed by atoms with Crippen molar-refractivity contribution in [3.63, 3.8) is 0 Å². The first-order chi connectivity index (χ1) is 5.72. The molecule has 0 amide bonds. The molecule has 2 atom stereocenters. The SMILES string of the molecule is N#CCCCCC(Cl)C(Cl)CCl. The molecule has 0 aliphatic carbocycles. The largest absolute Gasteiger partial charge is 0.198 e. The van der Waals surface area contributed by atoms with Crippen molar-refractivity contribution in [2.24, 2.45) is 0 Å². The molecule has 0 rings (SSSR count). The highest BCUT2D eigenvalue weighted by Crippen LogP contribution is 2.18. The number of halogens is 3. The summed E-state index contributed by atoms with van der Waals surface area (Å²) in [6.45, 7) is 0. The predicted octanol–water partition coefficient (Wildman–Crippen LogP) is 3.52. The number of alkyl halides is 3. The van der Waals surface area contributed by atoms with Gasteiger partial charge in [-0.25, -0.2) is 0 Å². The minimum Gasteiger partial charge on any atom is -0.198 e. The molecule has 0 aromatic carbocycles. The van der Waals surface area contributed by atoms with E-state index in [4.69, 9.17) is 40.1 Å². The maximum atomic E-state index is 8.26. The molecule has 0 N–H and O–H groups in total. The number of nitriles is 1. The van der Waals surface area contributed by atoms with E-state index in [9.17, 15) is 0 Å². The quantitative estimate of drug-likeness (QED) is 0.504. The summed E-state index contributed by atoms with van der Waals surface area (Å²) in [6.07, 6.45) is 3.27. The van der Waals surface area contributed by atoms with Gasteiger partial charge in [0, 0.05) is 12.3 Å². The average molecular weight is 229 g/mol. The zero-order valence-electron chi connectivity index (χ0n) is 6.77. The third-order valence-corrected chi connectivity index (χ3v) is 3.16. The van der Waals surface area contributed by atoms with Crippen molar-refractivity contribution in [3.05, 3.63) is 0 Å². The number of nitrogens with zero attached hydrogens (tertiary/aromatic N) is 1. The Bertz CT molecular complexity index is 144. The highest BCUT2D eigenvalue weighted by Gasteiger charge is 2.14. The van der Waals surface area contributed by atoms with Gasteiger partial charge in [0.15, 0.2) is 0 Å². The second-order valence-corrected chi connectivity index (χ2v) is 4.02. The van der Waals surface area contributed by atoms with E-state index in [2.05, 4.69) is 6.07 Å². The van der Waals surface area contributed by atoms with Crippen molar-refractivity contribution in [2.75, 3.05) is 5.88 Å². The van der Waals surface area contributed by atoms with Crippen LogP contribution in [0.25, 0.3) is 0 Å². The van der Waals surface area contributed by atoms with Gasteiger partial charge in [0.1, 0.15) is 0 Å². The van der Waals surface area contributed by atoms with Crippen LogP contribution in [0.5, 0.6) is 0 Å². The van der Waals surface area contributed by atoms with Gasteiger partial charge >= 0.3 is 0 Å². The van der Waals surface area contributed by atoms with Crippen LogP contribution in [0.15, 0.2) is 0 Å². The van der Waals surface area contributed by atoms with Gasteiger partial charge in [-0.05, 0) is 12.8 Å². The molecule has 0 heterocycles. The second kappa shape index (κ2) is 7.98. The van der Waals surface area contributed by atoms with Crippen LogP contribution >= 0.6 is 34.8 Å². The molecule has 0 aromatic heterocycles. The molecule has 0 fully saturated rings. The van der Waals surface area contributed by atoms with E-state index >= 15 is 0 Å². The van der Waals surface area contributed by atoms with Crippen LogP contribution < -0.4 is 0 Å². The van der Waals surface area contributed by atoms with Crippen molar-refractivity contribution < 1.29 is 0 Å². The van der Waals surface area contributed by atoms with Gasteiger partial charge in [-0.2, -0.15) is 5.26 Å². The summed E-state index contributed by atoms with van der Waals surface area (Å²) in [5.41, 5.74) is 0. The molecule has 0 saturated heterocycles. The van der Waals surface area contributed by atoms with E-state index < -0.39 is 0 Å². The van der Waals surface area contributed by atoms with Crippen molar-refractivity contribution in [2.45, 2.75) is 36.4 Å². The maximum Gasteiger partial charge on any atom is 0.0634 e. The normalized spacial score (nSPS) is 15.2. The molecule has 0 bridgehead atoms. The fraction of sp³-hybridized carbons (Fsp3) is 0.875. The van der Waals surface area contributed by atoms with E-state index in [1.54, 1.807) is 0 Å². The highest BCUT2D eigenvalue weighted by atomic mass is 35.5. The molecule has 1 nitrogen and oxygen atoms in total. The lowest BCUT2D eigenvalue weighted by molar-refractivity contribution is 0.651. The molecule has 4 heteroatoms. The molecule has 0 aromatic rings. The molecule has 70 valence electrons. The molecule has 0 saturated carbocycles. The Morgan fingerprint density at radius 2 is 1.83 bits per heavy atom. The molecule has 0 aliphatic rings. The van der Waals surface area contributed by atoms with E-state index in [1.165, 1.54) is 0 Å².